The molecule has 0 saturated carbocycles. The number of H-pyrrole nitrogens is 1. The van der Waals surface area contributed by atoms with Gasteiger partial charge in [-0.05, 0) is 25.1 Å². The van der Waals surface area contributed by atoms with Crippen LogP contribution >= 0.6 is 0 Å². The molecule has 4 heteroatoms. The molecular weight excluding hydrogens is 288 g/mol. The number of nitrogens with zero attached hydrogens (tertiary/aromatic N) is 1. The van der Waals surface area contributed by atoms with Gasteiger partial charge in [-0.15, -0.1) is 0 Å². The van der Waals surface area contributed by atoms with Gasteiger partial charge in [-0.1, -0.05) is 18.2 Å². The smallest absolute Gasteiger partial charge is 0.137 e. The molecule has 0 saturated heterocycles. The summed E-state index contributed by atoms with van der Waals surface area (Å²) in [5.41, 5.74) is 5.05. The molecule has 0 aliphatic heterocycles. The number of benzene rings is 1. The number of pyridine rings is 1. The van der Waals surface area contributed by atoms with Gasteiger partial charge < -0.3 is 14.1 Å². The van der Waals surface area contributed by atoms with Crippen LogP contribution in [-0.4, -0.2) is 16.6 Å². The molecule has 23 heavy (non-hydrogen) atoms. The van der Waals surface area contributed by atoms with E-state index in [1.807, 2.05) is 43.6 Å². The summed E-state index contributed by atoms with van der Waals surface area (Å²) in [6.45, 7) is 2.62. The Labute approximate surface area is 133 Å². The zero-order valence-corrected chi connectivity index (χ0v) is 12.7. The van der Waals surface area contributed by atoms with E-state index in [-0.39, 0.29) is 0 Å². The third-order valence-electron chi connectivity index (χ3n) is 3.86. The zero-order valence-electron chi connectivity index (χ0n) is 12.7. The molecule has 0 atom stereocenters. The van der Waals surface area contributed by atoms with Gasteiger partial charge in [0.05, 0.1) is 19.1 Å². The Morgan fingerprint density at radius 1 is 1.13 bits per heavy atom. The highest BCUT2D eigenvalue weighted by molar-refractivity contribution is 5.95. The number of ether oxygens (including phenoxy) is 1. The molecule has 1 aromatic carbocycles. The first-order valence-corrected chi connectivity index (χ1v) is 7.58. The lowest BCUT2D eigenvalue weighted by Gasteiger charge is -2.10. The minimum Gasteiger partial charge on any atom is -0.493 e. The van der Waals surface area contributed by atoms with Gasteiger partial charge in [0.2, 0.25) is 0 Å². The molecule has 0 aliphatic carbocycles. The normalized spacial score (nSPS) is 11.0. The minimum atomic E-state index is 0.636. The van der Waals surface area contributed by atoms with Crippen LogP contribution in [0.15, 0.2) is 65.7 Å². The SMILES string of the molecule is CCOc1ccccc1-c1cnc2[nH]cc(-c3ccoc3)c2c1. The second-order valence-electron chi connectivity index (χ2n) is 5.26. The number of hydrogen-bond acceptors (Lipinski definition) is 3. The van der Waals surface area contributed by atoms with Crippen molar-refractivity contribution < 1.29 is 9.15 Å². The molecule has 1 N–H and O–H groups in total. The van der Waals surface area contributed by atoms with Gasteiger partial charge in [0.25, 0.3) is 0 Å². The van der Waals surface area contributed by atoms with E-state index < -0.39 is 0 Å². The Balaban J connectivity index is 1.88. The number of rotatable bonds is 4. The van der Waals surface area contributed by atoms with Gasteiger partial charge in [0.15, 0.2) is 0 Å². The van der Waals surface area contributed by atoms with Crippen LogP contribution in [0.1, 0.15) is 6.92 Å². The molecule has 3 heterocycles. The molecule has 4 aromatic rings. The summed E-state index contributed by atoms with van der Waals surface area (Å²) in [6.07, 6.45) is 7.25. The van der Waals surface area contributed by atoms with E-state index >= 15 is 0 Å². The molecule has 4 nitrogen and oxygen atoms in total. The Morgan fingerprint density at radius 2 is 2.04 bits per heavy atom. The molecule has 4 rings (SSSR count). The monoisotopic (exact) mass is 304 g/mol. The third-order valence-corrected chi connectivity index (χ3v) is 3.86. The van der Waals surface area contributed by atoms with Crippen molar-refractivity contribution in [3.63, 3.8) is 0 Å². The predicted molar refractivity (Wildman–Crippen MR) is 90.4 cm³/mol. The largest absolute Gasteiger partial charge is 0.493 e. The van der Waals surface area contributed by atoms with Crippen molar-refractivity contribution in [3.8, 4) is 28.0 Å². The molecule has 0 fully saturated rings. The molecule has 0 aliphatic rings. The van der Waals surface area contributed by atoms with Gasteiger partial charge in [0, 0.05) is 40.0 Å². The Morgan fingerprint density at radius 3 is 2.87 bits per heavy atom. The van der Waals surface area contributed by atoms with E-state index in [0.717, 1.165) is 39.0 Å². The van der Waals surface area contributed by atoms with E-state index in [1.54, 1.807) is 12.5 Å². The summed E-state index contributed by atoms with van der Waals surface area (Å²) >= 11 is 0. The summed E-state index contributed by atoms with van der Waals surface area (Å²) in [6, 6.07) is 12.1. The minimum absolute atomic E-state index is 0.636. The first-order chi connectivity index (χ1) is 11.4. The van der Waals surface area contributed by atoms with Crippen LogP contribution in [0.4, 0.5) is 0 Å². The van der Waals surface area contributed by atoms with Gasteiger partial charge in [-0.25, -0.2) is 4.98 Å². The Hall–Kier alpha value is -3.01. The van der Waals surface area contributed by atoms with Crippen molar-refractivity contribution in [2.45, 2.75) is 6.92 Å². The predicted octanol–water partition coefficient (Wildman–Crippen LogP) is 4.89. The third kappa shape index (κ3) is 2.38. The van der Waals surface area contributed by atoms with Gasteiger partial charge in [-0.3, -0.25) is 0 Å². The summed E-state index contributed by atoms with van der Waals surface area (Å²) in [4.78, 5) is 7.76. The molecule has 0 bridgehead atoms. The average molecular weight is 304 g/mol. The van der Waals surface area contributed by atoms with Crippen LogP contribution in [0, 0.1) is 0 Å². The Kier molecular flexibility index (Phi) is 3.35. The van der Waals surface area contributed by atoms with E-state index in [1.165, 1.54) is 0 Å². The second kappa shape index (κ2) is 5.65. The number of aromatic amines is 1. The van der Waals surface area contributed by atoms with Crippen molar-refractivity contribution >= 4 is 11.0 Å². The highest BCUT2D eigenvalue weighted by Gasteiger charge is 2.12. The van der Waals surface area contributed by atoms with Crippen molar-refractivity contribution in [1.29, 1.82) is 0 Å². The van der Waals surface area contributed by atoms with E-state index in [0.29, 0.717) is 6.61 Å². The van der Waals surface area contributed by atoms with E-state index in [2.05, 4.69) is 22.1 Å². The van der Waals surface area contributed by atoms with Gasteiger partial charge in [0.1, 0.15) is 11.4 Å². The van der Waals surface area contributed by atoms with Crippen LogP contribution in [-0.2, 0) is 0 Å². The number of hydrogen-bond donors (Lipinski definition) is 1. The molecule has 0 spiro atoms. The lowest BCUT2D eigenvalue weighted by molar-refractivity contribution is 0.341. The van der Waals surface area contributed by atoms with E-state index in [9.17, 15) is 0 Å². The quantitative estimate of drug-likeness (QED) is 0.584. The fraction of sp³-hybridized carbons (Fsp3) is 0.105. The van der Waals surface area contributed by atoms with E-state index in [4.69, 9.17) is 9.15 Å². The van der Waals surface area contributed by atoms with Gasteiger partial charge in [-0.2, -0.15) is 0 Å². The van der Waals surface area contributed by atoms with Crippen LogP contribution in [0.2, 0.25) is 0 Å². The summed E-state index contributed by atoms with van der Waals surface area (Å²) < 4.78 is 10.9. The molecule has 114 valence electrons. The number of fused-ring (bicyclic) bond motifs is 1. The first-order valence-electron chi connectivity index (χ1n) is 7.58. The van der Waals surface area contributed by atoms with Crippen LogP contribution < -0.4 is 4.74 Å². The topological polar surface area (TPSA) is 51.0 Å². The second-order valence-corrected chi connectivity index (χ2v) is 5.26. The number of para-hydroxylation sites is 1. The highest BCUT2D eigenvalue weighted by Crippen LogP contribution is 2.34. The highest BCUT2D eigenvalue weighted by atomic mass is 16.5. The maximum Gasteiger partial charge on any atom is 0.137 e. The number of nitrogens with one attached hydrogen (secondary N) is 1. The molecule has 0 unspecified atom stereocenters. The zero-order chi connectivity index (χ0) is 15.6. The molecular formula is C19H16N2O2. The van der Waals surface area contributed by atoms with Crippen LogP contribution in [0.25, 0.3) is 33.3 Å². The number of aromatic nitrogens is 2. The molecule has 0 radical (unpaired) electrons. The molecule has 0 amide bonds. The number of furan rings is 1. The summed E-state index contributed by atoms with van der Waals surface area (Å²) in [5.74, 6) is 0.872. The van der Waals surface area contributed by atoms with Gasteiger partial charge >= 0.3 is 0 Å². The fourth-order valence-electron chi connectivity index (χ4n) is 2.79. The fourth-order valence-corrected chi connectivity index (χ4v) is 2.79. The Bertz CT molecular complexity index is 939. The maximum absolute atomic E-state index is 5.74. The molecule has 3 aromatic heterocycles. The van der Waals surface area contributed by atoms with Crippen LogP contribution in [0.3, 0.4) is 0 Å². The first kappa shape index (κ1) is 13.6. The summed E-state index contributed by atoms with van der Waals surface area (Å²) in [5, 5.41) is 1.07. The maximum atomic E-state index is 5.74. The van der Waals surface area contributed by atoms with Crippen molar-refractivity contribution in [2.75, 3.05) is 6.61 Å². The standard InChI is InChI=1S/C19H16N2O2/c1-2-23-18-6-4-3-5-15(18)14-9-16-17(13-7-8-22-12-13)11-21-19(16)20-10-14/h3-12H,2H2,1H3,(H,20,21). The van der Waals surface area contributed by atoms with Crippen molar-refractivity contribution in [1.82, 2.24) is 9.97 Å². The lowest BCUT2D eigenvalue weighted by atomic mass is 10.0. The van der Waals surface area contributed by atoms with Crippen LogP contribution in [0.5, 0.6) is 5.75 Å². The summed E-state index contributed by atoms with van der Waals surface area (Å²) in [7, 11) is 0. The van der Waals surface area contributed by atoms with Crippen molar-refractivity contribution in [3.05, 3.63) is 61.3 Å². The van der Waals surface area contributed by atoms with Crippen molar-refractivity contribution in [2.24, 2.45) is 0 Å². The lowest BCUT2D eigenvalue weighted by Crippen LogP contribution is -1.94. The average Bonchev–Trinajstić information content (AvgIpc) is 3.24.